The maximum atomic E-state index is 8.43. The monoisotopic (exact) mass is 306 g/mol. The molecular formula is C15H12Cl2N2O. The van der Waals surface area contributed by atoms with E-state index >= 15 is 0 Å². The van der Waals surface area contributed by atoms with Gasteiger partial charge in [0.15, 0.2) is 6.61 Å². The van der Waals surface area contributed by atoms with Gasteiger partial charge in [0.05, 0.1) is 10.7 Å². The molecular weight excluding hydrogens is 295 g/mol. The maximum absolute atomic E-state index is 8.43. The SMILES string of the molecule is N#CCOc1ccc(CNc2cc(Cl)ccc2Cl)cc1. The molecule has 0 atom stereocenters. The number of rotatable bonds is 5. The average molecular weight is 307 g/mol. The number of nitrogens with one attached hydrogen (secondary N) is 1. The van der Waals surface area contributed by atoms with Crippen LogP contribution in [-0.2, 0) is 6.54 Å². The van der Waals surface area contributed by atoms with Crippen LogP contribution in [0.15, 0.2) is 42.5 Å². The van der Waals surface area contributed by atoms with Gasteiger partial charge in [-0.1, -0.05) is 35.3 Å². The first-order valence-electron chi connectivity index (χ1n) is 5.96. The quantitative estimate of drug-likeness (QED) is 0.884. The van der Waals surface area contributed by atoms with Crippen LogP contribution < -0.4 is 10.1 Å². The van der Waals surface area contributed by atoms with Crippen molar-refractivity contribution in [1.29, 1.82) is 5.26 Å². The van der Waals surface area contributed by atoms with Crippen LogP contribution in [0.1, 0.15) is 5.56 Å². The Kier molecular flexibility index (Phi) is 5.11. The van der Waals surface area contributed by atoms with Crippen molar-refractivity contribution in [2.75, 3.05) is 11.9 Å². The predicted molar refractivity (Wildman–Crippen MR) is 81.3 cm³/mol. The van der Waals surface area contributed by atoms with Gasteiger partial charge in [-0.15, -0.1) is 0 Å². The smallest absolute Gasteiger partial charge is 0.174 e. The Morgan fingerprint density at radius 3 is 2.55 bits per heavy atom. The van der Waals surface area contributed by atoms with Crippen LogP contribution >= 0.6 is 23.2 Å². The molecule has 2 aromatic rings. The van der Waals surface area contributed by atoms with E-state index in [9.17, 15) is 0 Å². The standard InChI is InChI=1S/C15H12Cl2N2O/c16-12-3-6-14(17)15(9-12)19-10-11-1-4-13(5-2-11)20-8-7-18/h1-6,9,19H,8,10H2. The van der Waals surface area contributed by atoms with Crippen molar-refractivity contribution in [3.05, 3.63) is 58.1 Å². The minimum absolute atomic E-state index is 0.0513. The van der Waals surface area contributed by atoms with Crippen LogP contribution in [0.25, 0.3) is 0 Å². The molecule has 5 heteroatoms. The van der Waals surface area contributed by atoms with Crippen LogP contribution in [-0.4, -0.2) is 6.61 Å². The highest BCUT2D eigenvalue weighted by Gasteiger charge is 2.01. The van der Waals surface area contributed by atoms with Crippen molar-refractivity contribution >= 4 is 28.9 Å². The van der Waals surface area contributed by atoms with Gasteiger partial charge in [0.25, 0.3) is 0 Å². The van der Waals surface area contributed by atoms with Crippen molar-refractivity contribution in [2.24, 2.45) is 0 Å². The lowest BCUT2D eigenvalue weighted by atomic mass is 10.2. The van der Waals surface area contributed by atoms with E-state index < -0.39 is 0 Å². The van der Waals surface area contributed by atoms with Crippen molar-refractivity contribution in [3.8, 4) is 11.8 Å². The van der Waals surface area contributed by atoms with E-state index in [0.29, 0.717) is 22.3 Å². The highest BCUT2D eigenvalue weighted by molar-refractivity contribution is 6.35. The molecule has 0 fully saturated rings. The van der Waals surface area contributed by atoms with Gasteiger partial charge in [-0.2, -0.15) is 5.26 Å². The molecule has 0 aromatic heterocycles. The Balaban J connectivity index is 1.97. The van der Waals surface area contributed by atoms with E-state index in [0.717, 1.165) is 11.3 Å². The zero-order valence-corrected chi connectivity index (χ0v) is 12.1. The third-order valence-corrected chi connectivity index (χ3v) is 3.20. The van der Waals surface area contributed by atoms with Gasteiger partial charge in [-0.25, -0.2) is 0 Å². The summed E-state index contributed by atoms with van der Waals surface area (Å²) in [7, 11) is 0. The molecule has 0 aliphatic carbocycles. The number of hydrogen-bond acceptors (Lipinski definition) is 3. The highest BCUT2D eigenvalue weighted by Crippen LogP contribution is 2.26. The summed E-state index contributed by atoms with van der Waals surface area (Å²) in [5, 5.41) is 12.9. The molecule has 0 spiro atoms. The zero-order valence-electron chi connectivity index (χ0n) is 10.6. The number of halogens is 2. The van der Waals surface area contributed by atoms with Crippen molar-refractivity contribution < 1.29 is 4.74 Å². The molecule has 0 aliphatic heterocycles. The third-order valence-electron chi connectivity index (χ3n) is 2.64. The molecule has 0 saturated carbocycles. The highest BCUT2D eigenvalue weighted by atomic mass is 35.5. The molecule has 20 heavy (non-hydrogen) atoms. The predicted octanol–water partition coefficient (Wildman–Crippen LogP) is 4.51. The average Bonchev–Trinajstić information content (AvgIpc) is 2.47. The Labute approximate surface area is 127 Å². The molecule has 0 heterocycles. The minimum atomic E-state index is 0.0513. The van der Waals surface area contributed by atoms with Gasteiger partial charge in [-0.05, 0) is 35.9 Å². The Hall–Kier alpha value is -1.89. The van der Waals surface area contributed by atoms with E-state index in [-0.39, 0.29) is 6.61 Å². The topological polar surface area (TPSA) is 45.0 Å². The first kappa shape index (κ1) is 14.5. The number of anilines is 1. The number of nitrogens with zero attached hydrogens (tertiary/aromatic N) is 1. The van der Waals surface area contributed by atoms with E-state index in [2.05, 4.69) is 5.32 Å². The van der Waals surface area contributed by atoms with Crippen molar-refractivity contribution in [2.45, 2.75) is 6.54 Å². The molecule has 0 bridgehead atoms. The number of ether oxygens (including phenoxy) is 1. The molecule has 2 aromatic carbocycles. The van der Waals surface area contributed by atoms with E-state index in [1.54, 1.807) is 18.2 Å². The largest absolute Gasteiger partial charge is 0.479 e. The second kappa shape index (κ2) is 7.04. The van der Waals surface area contributed by atoms with Gasteiger partial charge in [0.2, 0.25) is 0 Å². The van der Waals surface area contributed by atoms with Crippen LogP contribution in [0.4, 0.5) is 5.69 Å². The second-order valence-corrected chi connectivity index (χ2v) is 4.91. The Bertz CT molecular complexity index is 621. The van der Waals surface area contributed by atoms with Gasteiger partial charge in [0, 0.05) is 11.6 Å². The third kappa shape index (κ3) is 4.06. The number of benzene rings is 2. The summed E-state index contributed by atoms with van der Waals surface area (Å²) in [6.07, 6.45) is 0. The normalized spacial score (nSPS) is 9.85. The van der Waals surface area contributed by atoms with Crippen LogP contribution in [0.3, 0.4) is 0 Å². The number of hydrogen-bond donors (Lipinski definition) is 1. The Morgan fingerprint density at radius 1 is 1.10 bits per heavy atom. The molecule has 0 radical (unpaired) electrons. The lowest BCUT2D eigenvalue weighted by molar-refractivity contribution is 0.368. The van der Waals surface area contributed by atoms with Gasteiger partial charge < -0.3 is 10.1 Å². The van der Waals surface area contributed by atoms with Crippen LogP contribution in [0, 0.1) is 11.3 Å². The molecule has 0 saturated heterocycles. The van der Waals surface area contributed by atoms with Gasteiger partial charge in [-0.3, -0.25) is 0 Å². The fraction of sp³-hybridized carbons (Fsp3) is 0.133. The molecule has 102 valence electrons. The zero-order chi connectivity index (χ0) is 14.4. The Morgan fingerprint density at radius 2 is 1.85 bits per heavy atom. The second-order valence-electron chi connectivity index (χ2n) is 4.07. The summed E-state index contributed by atoms with van der Waals surface area (Å²) in [5.41, 5.74) is 1.87. The molecule has 2 rings (SSSR count). The fourth-order valence-corrected chi connectivity index (χ4v) is 2.01. The minimum Gasteiger partial charge on any atom is -0.479 e. The first-order chi connectivity index (χ1) is 9.69. The van der Waals surface area contributed by atoms with E-state index in [1.165, 1.54) is 0 Å². The van der Waals surface area contributed by atoms with Crippen molar-refractivity contribution in [1.82, 2.24) is 0 Å². The van der Waals surface area contributed by atoms with Gasteiger partial charge >= 0.3 is 0 Å². The lowest BCUT2D eigenvalue weighted by Gasteiger charge is -2.09. The summed E-state index contributed by atoms with van der Waals surface area (Å²) >= 11 is 12.0. The maximum Gasteiger partial charge on any atom is 0.174 e. The molecule has 0 aliphatic rings. The molecule has 0 amide bonds. The summed E-state index contributed by atoms with van der Waals surface area (Å²) in [6.45, 7) is 0.675. The summed E-state index contributed by atoms with van der Waals surface area (Å²) in [6, 6.07) is 14.7. The molecule has 3 nitrogen and oxygen atoms in total. The van der Waals surface area contributed by atoms with E-state index in [1.807, 2.05) is 30.3 Å². The van der Waals surface area contributed by atoms with Crippen LogP contribution in [0.2, 0.25) is 10.0 Å². The molecule has 0 unspecified atom stereocenters. The first-order valence-corrected chi connectivity index (χ1v) is 6.72. The fourth-order valence-electron chi connectivity index (χ4n) is 1.65. The van der Waals surface area contributed by atoms with Crippen molar-refractivity contribution in [3.63, 3.8) is 0 Å². The summed E-state index contributed by atoms with van der Waals surface area (Å²) < 4.78 is 5.19. The number of nitriles is 1. The summed E-state index contributed by atoms with van der Waals surface area (Å²) in [4.78, 5) is 0. The summed E-state index contributed by atoms with van der Waals surface area (Å²) in [5.74, 6) is 0.677. The lowest BCUT2D eigenvalue weighted by Crippen LogP contribution is -2.00. The van der Waals surface area contributed by atoms with Crippen LogP contribution in [0.5, 0.6) is 5.75 Å². The molecule has 1 N–H and O–H groups in total. The van der Waals surface area contributed by atoms with Gasteiger partial charge in [0.1, 0.15) is 11.8 Å². The van der Waals surface area contributed by atoms with E-state index in [4.69, 9.17) is 33.2 Å².